The number of ether oxygens (including phenoxy) is 1. The number of amides is 1. The smallest absolute Gasteiger partial charge is 0.296 e. The number of hydrogen-bond acceptors (Lipinski definition) is 6. The number of allylic oxidation sites excluding steroid dienone is 1. The van der Waals surface area contributed by atoms with Gasteiger partial charge >= 0.3 is 0 Å². The van der Waals surface area contributed by atoms with Crippen LogP contribution in [0.2, 0.25) is 0 Å². The summed E-state index contributed by atoms with van der Waals surface area (Å²) in [6.45, 7) is 5.97. The van der Waals surface area contributed by atoms with Gasteiger partial charge in [-0.3, -0.25) is 14.5 Å². The van der Waals surface area contributed by atoms with E-state index >= 15 is 0 Å². The number of ketones is 1. The Bertz CT molecular complexity index is 1570. The highest BCUT2D eigenvalue weighted by molar-refractivity contribution is 7.22. The zero-order valence-electron chi connectivity index (χ0n) is 20.1. The second-order valence-electron chi connectivity index (χ2n) is 8.59. The van der Waals surface area contributed by atoms with Crippen molar-refractivity contribution in [2.75, 3.05) is 11.5 Å². The minimum Gasteiger partial charge on any atom is -0.503 e. The van der Waals surface area contributed by atoms with Crippen LogP contribution in [0.15, 0.2) is 103 Å². The molecule has 0 fully saturated rings. The van der Waals surface area contributed by atoms with Crippen LogP contribution in [0.1, 0.15) is 22.7 Å². The zero-order valence-corrected chi connectivity index (χ0v) is 20.9. The topological polar surface area (TPSA) is 79.7 Å². The lowest BCUT2D eigenvalue weighted by Gasteiger charge is -2.24. The Kier molecular flexibility index (Phi) is 6.70. The third kappa shape index (κ3) is 4.81. The summed E-state index contributed by atoms with van der Waals surface area (Å²) in [7, 11) is 0. The molecular formula is C30H24N2O4S. The van der Waals surface area contributed by atoms with E-state index in [-0.39, 0.29) is 5.57 Å². The minimum absolute atomic E-state index is 0.00603. The van der Waals surface area contributed by atoms with Crippen LogP contribution in [-0.2, 0) is 9.59 Å². The van der Waals surface area contributed by atoms with Crippen LogP contribution in [0.25, 0.3) is 16.3 Å². The molecule has 1 atom stereocenters. The Labute approximate surface area is 218 Å². The quantitative estimate of drug-likeness (QED) is 0.222. The molecule has 1 aliphatic rings. The Hall–Kier alpha value is -4.49. The van der Waals surface area contributed by atoms with E-state index < -0.39 is 23.5 Å². The van der Waals surface area contributed by atoms with Crippen molar-refractivity contribution in [3.8, 4) is 5.75 Å². The van der Waals surface area contributed by atoms with Gasteiger partial charge in [-0.25, -0.2) is 4.98 Å². The lowest BCUT2D eigenvalue weighted by molar-refractivity contribution is -0.117. The van der Waals surface area contributed by atoms with Crippen LogP contribution in [0.3, 0.4) is 0 Å². The highest BCUT2D eigenvalue weighted by Crippen LogP contribution is 2.44. The van der Waals surface area contributed by atoms with E-state index in [0.29, 0.717) is 23.1 Å². The number of aromatic nitrogens is 1. The average molecular weight is 509 g/mol. The summed E-state index contributed by atoms with van der Waals surface area (Å²) < 4.78 is 6.61. The number of aryl methyl sites for hydroxylation is 1. The summed E-state index contributed by atoms with van der Waals surface area (Å²) in [5.41, 5.74) is 3.25. The molecule has 0 spiro atoms. The second-order valence-corrected chi connectivity index (χ2v) is 9.60. The van der Waals surface area contributed by atoms with Gasteiger partial charge in [-0.2, -0.15) is 0 Å². The highest BCUT2D eigenvalue weighted by Gasteiger charge is 2.45. The van der Waals surface area contributed by atoms with Gasteiger partial charge < -0.3 is 9.84 Å². The molecule has 6 nitrogen and oxygen atoms in total. The van der Waals surface area contributed by atoms with Crippen LogP contribution in [0.4, 0.5) is 5.13 Å². The fraction of sp³-hybridized carbons (Fsp3) is 0.100. The van der Waals surface area contributed by atoms with Gasteiger partial charge in [-0.1, -0.05) is 78.6 Å². The first kappa shape index (κ1) is 24.2. The number of fused-ring (bicyclic) bond motifs is 1. The highest BCUT2D eigenvalue weighted by atomic mass is 32.1. The molecule has 1 aliphatic heterocycles. The standard InChI is InChI=1S/C30H24N2O4S/c1-3-16-36-22-11-7-10-21(18-22)27-26(24(33)15-13-20-8-5-4-6-9-20)28(34)29(35)32(27)30-31-23-14-12-19(2)17-25(23)37-30/h3-15,17-18,27,34H,1,16H2,2H3. The average Bonchev–Trinajstić information content (AvgIpc) is 3.44. The van der Waals surface area contributed by atoms with E-state index in [1.54, 1.807) is 36.4 Å². The molecule has 0 saturated heterocycles. The number of carbonyl (C=O) groups is 2. The molecule has 0 saturated carbocycles. The monoisotopic (exact) mass is 508 g/mol. The lowest BCUT2D eigenvalue weighted by Crippen LogP contribution is -2.30. The number of aliphatic hydroxyl groups is 1. The van der Waals surface area contributed by atoms with E-state index in [1.807, 2.05) is 55.5 Å². The molecule has 5 rings (SSSR count). The number of thiazole rings is 1. The van der Waals surface area contributed by atoms with Gasteiger partial charge in [0.15, 0.2) is 16.7 Å². The molecule has 37 heavy (non-hydrogen) atoms. The van der Waals surface area contributed by atoms with Gasteiger partial charge in [0.25, 0.3) is 5.91 Å². The van der Waals surface area contributed by atoms with Crippen molar-refractivity contribution < 1.29 is 19.4 Å². The molecule has 4 aromatic rings. The Balaban J connectivity index is 1.61. The third-order valence-corrected chi connectivity index (χ3v) is 7.00. The summed E-state index contributed by atoms with van der Waals surface area (Å²) >= 11 is 1.34. The van der Waals surface area contributed by atoms with Gasteiger partial charge in [0.1, 0.15) is 12.4 Å². The first-order valence-corrected chi connectivity index (χ1v) is 12.5. The van der Waals surface area contributed by atoms with E-state index in [4.69, 9.17) is 4.74 Å². The number of nitrogens with zero attached hydrogens (tertiary/aromatic N) is 2. The number of anilines is 1. The van der Waals surface area contributed by atoms with Crippen molar-refractivity contribution in [2.45, 2.75) is 13.0 Å². The number of carbonyl (C=O) groups excluding carboxylic acids is 2. The number of aliphatic hydroxyl groups excluding tert-OH is 1. The molecule has 0 aliphatic carbocycles. The summed E-state index contributed by atoms with van der Waals surface area (Å²) in [6.07, 6.45) is 4.68. The van der Waals surface area contributed by atoms with Crippen LogP contribution < -0.4 is 9.64 Å². The van der Waals surface area contributed by atoms with Gasteiger partial charge in [-0.05, 0) is 54.0 Å². The first-order chi connectivity index (χ1) is 18.0. The molecule has 184 valence electrons. The predicted octanol–water partition coefficient (Wildman–Crippen LogP) is 6.35. The molecule has 3 aromatic carbocycles. The number of rotatable bonds is 8. The van der Waals surface area contributed by atoms with Crippen molar-refractivity contribution in [2.24, 2.45) is 0 Å². The maximum Gasteiger partial charge on any atom is 0.296 e. The Morgan fingerprint density at radius 2 is 1.95 bits per heavy atom. The number of hydrogen-bond donors (Lipinski definition) is 1. The van der Waals surface area contributed by atoms with Crippen molar-refractivity contribution in [3.63, 3.8) is 0 Å². The molecular weight excluding hydrogens is 484 g/mol. The van der Waals surface area contributed by atoms with E-state index in [1.165, 1.54) is 22.3 Å². The molecule has 2 heterocycles. The fourth-order valence-electron chi connectivity index (χ4n) is 4.25. The fourth-order valence-corrected chi connectivity index (χ4v) is 5.34. The number of benzene rings is 3. The summed E-state index contributed by atoms with van der Waals surface area (Å²) in [4.78, 5) is 33.0. The van der Waals surface area contributed by atoms with E-state index in [2.05, 4.69) is 11.6 Å². The van der Waals surface area contributed by atoms with Crippen molar-refractivity contribution in [1.29, 1.82) is 0 Å². The van der Waals surface area contributed by atoms with Crippen LogP contribution in [0, 0.1) is 6.92 Å². The summed E-state index contributed by atoms with van der Waals surface area (Å²) in [6, 6.07) is 21.5. The van der Waals surface area contributed by atoms with Crippen molar-refractivity contribution in [3.05, 3.63) is 120 Å². The SMILES string of the molecule is C=CCOc1cccc(C2C(C(=O)C=Cc3ccccc3)=C(O)C(=O)N2c2nc3ccc(C)cc3s2)c1. The molecule has 1 unspecified atom stereocenters. The molecule has 0 radical (unpaired) electrons. The van der Waals surface area contributed by atoms with Crippen molar-refractivity contribution >= 4 is 44.5 Å². The zero-order chi connectivity index (χ0) is 25.9. The van der Waals surface area contributed by atoms with Crippen LogP contribution in [0.5, 0.6) is 5.75 Å². The molecule has 1 N–H and O–H groups in total. The van der Waals surface area contributed by atoms with Gasteiger partial charge in [-0.15, -0.1) is 0 Å². The predicted molar refractivity (Wildman–Crippen MR) is 147 cm³/mol. The molecule has 1 aromatic heterocycles. The largest absolute Gasteiger partial charge is 0.503 e. The van der Waals surface area contributed by atoms with Crippen LogP contribution in [-0.4, -0.2) is 28.4 Å². The van der Waals surface area contributed by atoms with Gasteiger partial charge in [0.05, 0.1) is 21.8 Å². The van der Waals surface area contributed by atoms with Crippen LogP contribution >= 0.6 is 11.3 Å². The van der Waals surface area contributed by atoms with Gasteiger partial charge in [0.2, 0.25) is 0 Å². The van der Waals surface area contributed by atoms with E-state index in [9.17, 15) is 14.7 Å². The normalized spacial score (nSPS) is 15.6. The Morgan fingerprint density at radius 1 is 1.14 bits per heavy atom. The third-order valence-electron chi connectivity index (χ3n) is 5.98. The first-order valence-electron chi connectivity index (χ1n) is 11.7. The summed E-state index contributed by atoms with van der Waals surface area (Å²) in [5, 5.41) is 11.4. The second kappa shape index (κ2) is 10.2. The lowest BCUT2D eigenvalue weighted by atomic mass is 9.95. The maximum absolute atomic E-state index is 13.5. The Morgan fingerprint density at radius 3 is 2.73 bits per heavy atom. The molecule has 7 heteroatoms. The van der Waals surface area contributed by atoms with Crippen molar-refractivity contribution in [1.82, 2.24) is 4.98 Å². The van der Waals surface area contributed by atoms with E-state index in [0.717, 1.165) is 21.3 Å². The molecule has 1 amide bonds. The maximum atomic E-state index is 13.5. The van der Waals surface area contributed by atoms with Gasteiger partial charge in [0, 0.05) is 0 Å². The minimum atomic E-state index is -0.880. The summed E-state index contributed by atoms with van der Waals surface area (Å²) in [5.74, 6) is -1.16. The molecule has 0 bridgehead atoms.